The molecule has 1 aromatic carbocycles. The second-order valence-electron chi connectivity index (χ2n) is 6.11. The summed E-state index contributed by atoms with van der Waals surface area (Å²) >= 11 is 5.88. The Bertz CT molecular complexity index is 867. The Morgan fingerprint density at radius 3 is 2.79 bits per heavy atom. The van der Waals surface area contributed by atoms with Crippen molar-refractivity contribution in [1.82, 2.24) is 26.2 Å². The van der Waals surface area contributed by atoms with Gasteiger partial charge in [0.2, 0.25) is 0 Å². The number of amides is 1. The van der Waals surface area contributed by atoms with Gasteiger partial charge in [-0.15, -0.1) is 5.53 Å². The lowest BCUT2D eigenvalue weighted by Crippen LogP contribution is -2.40. The summed E-state index contributed by atoms with van der Waals surface area (Å²) in [5.74, 6) is 0.0694. The van der Waals surface area contributed by atoms with Crippen LogP contribution in [-0.2, 0) is 6.18 Å². The molecule has 150 valence electrons. The van der Waals surface area contributed by atoms with Gasteiger partial charge in [0, 0.05) is 26.2 Å². The highest BCUT2D eigenvalue weighted by Crippen LogP contribution is 2.37. The lowest BCUT2D eigenvalue weighted by molar-refractivity contribution is -0.137. The first-order valence-electron chi connectivity index (χ1n) is 8.35. The quantitative estimate of drug-likeness (QED) is 0.569. The van der Waals surface area contributed by atoms with Gasteiger partial charge in [-0.05, 0) is 18.2 Å². The number of rotatable bonds is 4. The second kappa shape index (κ2) is 7.72. The minimum absolute atomic E-state index is 0.178. The van der Waals surface area contributed by atoms with E-state index in [0.29, 0.717) is 24.5 Å². The number of nitrogens with one attached hydrogen (secondary N) is 4. The van der Waals surface area contributed by atoms with E-state index in [-0.39, 0.29) is 12.1 Å². The molecule has 0 aliphatic carbocycles. The van der Waals surface area contributed by atoms with Gasteiger partial charge in [-0.1, -0.05) is 17.7 Å². The highest BCUT2D eigenvalue weighted by molar-refractivity contribution is 6.34. The molecule has 0 atom stereocenters. The molecule has 0 saturated heterocycles. The van der Waals surface area contributed by atoms with Crippen LogP contribution >= 0.6 is 11.6 Å². The summed E-state index contributed by atoms with van der Waals surface area (Å²) in [6, 6.07) is 3.32. The van der Waals surface area contributed by atoms with Crippen LogP contribution in [0.25, 0.3) is 0 Å². The summed E-state index contributed by atoms with van der Waals surface area (Å²) in [5.41, 5.74) is 6.28. The Morgan fingerprint density at radius 2 is 2.14 bits per heavy atom. The fourth-order valence-electron chi connectivity index (χ4n) is 3.12. The van der Waals surface area contributed by atoms with Gasteiger partial charge in [0.1, 0.15) is 5.82 Å². The molecule has 2 aliphatic heterocycles. The normalized spacial score (nSPS) is 17.4. The third-order valence-corrected chi connectivity index (χ3v) is 4.87. The van der Waals surface area contributed by atoms with E-state index in [1.807, 2.05) is 0 Å². The molecule has 0 fully saturated rings. The Hall–Kier alpha value is -2.72. The largest absolute Gasteiger partial charge is 0.417 e. The molecule has 0 spiro atoms. The fraction of sp³-hybridized carbons (Fsp3) is 0.294. The minimum Gasteiger partial charge on any atom is -0.373 e. The Labute approximate surface area is 164 Å². The van der Waals surface area contributed by atoms with Gasteiger partial charge in [0.05, 0.1) is 34.1 Å². The summed E-state index contributed by atoms with van der Waals surface area (Å²) in [6.45, 7) is 0.498. The highest BCUT2D eigenvalue weighted by Gasteiger charge is 2.36. The molecule has 0 bridgehead atoms. The smallest absolute Gasteiger partial charge is 0.373 e. The molecule has 1 aromatic rings. The molecule has 0 aromatic heterocycles. The van der Waals surface area contributed by atoms with Crippen molar-refractivity contribution in [3.05, 3.63) is 57.6 Å². The van der Waals surface area contributed by atoms with Crippen LogP contribution < -0.4 is 16.3 Å². The van der Waals surface area contributed by atoms with E-state index >= 15 is 0 Å². The van der Waals surface area contributed by atoms with Gasteiger partial charge in [-0.2, -0.15) is 13.2 Å². The average Bonchev–Trinajstić information content (AvgIpc) is 3.07. The number of benzene rings is 1. The van der Waals surface area contributed by atoms with Gasteiger partial charge in [0.15, 0.2) is 0 Å². The summed E-state index contributed by atoms with van der Waals surface area (Å²) in [7, 11) is 1.71. The van der Waals surface area contributed by atoms with Crippen LogP contribution in [0.5, 0.6) is 0 Å². The van der Waals surface area contributed by atoms with Crippen molar-refractivity contribution in [2.75, 3.05) is 20.1 Å². The zero-order valence-electron chi connectivity index (χ0n) is 14.8. The van der Waals surface area contributed by atoms with Crippen molar-refractivity contribution in [3.8, 4) is 0 Å². The minimum atomic E-state index is -4.63. The summed E-state index contributed by atoms with van der Waals surface area (Å²) in [4.78, 5) is 14.2. The molecule has 0 unspecified atom stereocenters. The zero-order valence-corrected chi connectivity index (χ0v) is 15.6. The number of alkyl halides is 3. The predicted molar refractivity (Wildman–Crippen MR) is 98.0 cm³/mol. The van der Waals surface area contributed by atoms with E-state index in [9.17, 15) is 18.0 Å². The SMILES string of the molecule is CN/C(=C\C=N)N1NNC2=C1CCN(C(=O)c1cccc(C(F)(F)F)c1Cl)C2. The van der Waals surface area contributed by atoms with Gasteiger partial charge in [0.25, 0.3) is 5.91 Å². The lowest BCUT2D eigenvalue weighted by atomic mass is 10.1. The zero-order chi connectivity index (χ0) is 20.5. The number of hydrazine groups is 2. The molecule has 28 heavy (non-hydrogen) atoms. The monoisotopic (exact) mass is 414 g/mol. The Kier molecular flexibility index (Phi) is 5.52. The molecule has 0 radical (unpaired) electrons. The first-order chi connectivity index (χ1) is 13.3. The third kappa shape index (κ3) is 3.65. The van der Waals surface area contributed by atoms with Crippen LogP contribution in [-0.4, -0.2) is 42.2 Å². The molecule has 3 rings (SSSR count). The van der Waals surface area contributed by atoms with Crippen molar-refractivity contribution in [1.29, 1.82) is 5.41 Å². The molecule has 7 nitrogen and oxygen atoms in total. The predicted octanol–water partition coefficient (Wildman–Crippen LogP) is 2.45. The molecule has 2 aliphatic rings. The number of allylic oxidation sites excluding steroid dienone is 1. The van der Waals surface area contributed by atoms with Crippen LogP contribution in [0.1, 0.15) is 22.3 Å². The van der Waals surface area contributed by atoms with E-state index in [0.717, 1.165) is 18.0 Å². The van der Waals surface area contributed by atoms with Crippen LogP contribution in [0, 0.1) is 5.41 Å². The molecular weight excluding hydrogens is 397 g/mol. The highest BCUT2D eigenvalue weighted by atomic mass is 35.5. The maximum atomic E-state index is 13.1. The molecular formula is C17H18ClF3N6O. The summed E-state index contributed by atoms with van der Waals surface area (Å²) in [6.07, 6.45) is -1.47. The molecule has 11 heteroatoms. The maximum Gasteiger partial charge on any atom is 0.417 e. The lowest BCUT2D eigenvalue weighted by Gasteiger charge is -2.30. The standard InChI is InChI=1S/C17H18ClF3N6O/c1-23-14(5-7-22)27-13-6-8-26(9-12(13)24-25-27)16(28)10-3-2-4-11(15(10)18)17(19,20)21/h2-5,7,22-25H,6,8-9H2,1H3/b14-5+,22-7?. The van der Waals surface area contributed by atoms with Crippen molar-refractivity contribution in [2.45, 2.75) is 12.6 Å². The molecule has 2 heterocycles. The average molecular weight is 415 g/mol. The second-order valence-corrected chi connectivity index (χ2v) is 6.49. The number of halogens is 4. The Balaban J connectivity index is 1.83. The summed E-state index contributed by atoms with van der Waals surface area (Å²) < 4.78 is 39.2. The van der Waals surface area contributed by atoms with Crippen molar-refractivity contribution in [2.24, 2.45) is 0 Å². The maximum absolute atomic E-state index is 13.1. The van der Waals surface area contributed by atoms with Crippen LogP contribution in [0.4, 0.5) is 13.2 Å². The molecule has 1 amide bonds. The van der Waals surface area contributed by atoms with Gasteiger partial charge < -0.3 is 21.1 Å². The van der Waals surface area contributed by atoms with Gasteiger partial charge in [-0.25, -0.2) is 5.01 Å². The fourth-order valence-corrected chi connectivity index (χ4v) is 3.43. The summed E-state index contributed by atoms with van der Waals surface area (Å²) in [5, 5.41) is 11.3. The number of hydrogen-bond acceptors (Lipinski definition) is 6. The number of carbonyl (C=O) groups excluding carboxylic acids is 1. The van der Waals surface area contributed by atoms with E-state index in [2.05, 4.69) is 16.3 Å². The van der Waals surface area contributed by atoms with Crippen molar-refractivity contribution >= 4 is 23.7 Å². The van der Waals surface area contributed by atoms with Crippen molar-refractivity contribution < 1.29 is 18.0 Å². The molecule has 4 N–H and O–H groups in total. The first kappa shape index (κ1) is 20.0. The van der Waals surface area contributed by atoms with Gasteiger partial charge >= 0.3 is 6.18 Å². The van der Waals surface area contributed by atoms with E-state index in [1.165, 1.54) is 17.0 Å². The van der Waals surface area contributed by atoms with E-state index < -0.39 is 22.7 Å². The number of carbonyl (C=O) groups is 1. The Morgan fingerprint density at radius 1 is 1.39 bits per heavy atom. The van der Waals surface area contributed by atoms with E-state index in [1.54, 1.807) is 18.1 Å². The van der Waals surface area contributed by atoms with E-state index in [4.69, 9.17) is 17.0 Å². The first-order valence-corrected chi connectivity index (χ1v) is 8.73. The topological polar surface area (TPSA) is 83.5 Å². The van der Waals surface area contributed by atoms with Gasteiger partial charge in [-0.3, -0.25) is 4.79 Å². The molecule has 0 saturated carbocycles. The van der Waals surface area contributed by atoms with Crippen LogP contribution in [0.3, 0.4) is 0 Å². The number of nitrogens with zero attached hydrogens (tertiary/aromatic N) is 2. The third-order valence-electron chi connectivity index (χ3n) is 4.46. The number of hydrogen-bond donors (Lipinski definition) is 4. The van der Waals surface area contributed by atoms with Crippen molar-refractivity contribution in [3.63, 3.8) is 0 Å². The van der Waals surface area contributed by atoms with Crippen LogP contribution in [0.15, 0.2) is 41.5 Å². The van der Waals surface area contributed by atoms with Crippen LogP contribution in [0.2, 0.25) is 5.02 Å².